The SMILES string of the molecule is CC(C)(C)OC(=O)c1ccc([N+](=O)[O-])cc1Cl. The Morgan fingerprint density at radius 2 is 2.00 bits per heavy atom. The zero-order valence-corrected chi connectivity index (χ0v) is 10.4. The van der Waals surface area contributed by atoms with Crippen LogP contribution in [0.15, 0.2) is 18.2 Å². The Labute approximate surface area is 103 Å². The summed E-state index contributed by atoms with van der Waals surface area (Å²) in [5.41, 5.74) is -0.683. The summed E-state index contributed by atoms with van der Waals surface area (Å²) < 4.78 is 5.11. The largest absolute Gasteiger partial charge is 0.456 e. The van der Waals surface area contributed by atoms with E-state index in [9.17, 15) is 14.9 Å². The van der Waals surface area contributed by atoms with E-state index in [-0.39, 0.29) is 16.3 Å². The van der Waals surface area contributed by atoms with Gasteiger partial charge in [0.05, 0.1) is 15.5 Å². The fraction of sp³-hybridized carbons (Fsp3) is 0.364. The van der Waals surface area contributed by atoms with Crippen LogP contribution in [0, 0.1) is 10.1 Å². The van der Waals surface area contributed by atoms with Crippen LogP contribution in [0.2, 0.25) is 5.02 Å². The van der Waals surface area contributed by atoms with Crippen molar-refractivity contribution in [2.75, 3.05) is 0 Å². The number of nitro benzene ring substituents is 1. The molecule has 0 spiro atoms. The lowest BCUT2D eigenvalue weighted by molar-refractivity contribution is -0.384. The van der Waals surface area contributed by atoms with Gasteiger partial charge >= 0.3 is 5.97 Å². The number of nitro groups is 1. The first-order valence-electron chi connectivity index (χ1n) is 4.88. The summed E-state index contributed by atoms with van der Waals surface area (Å²) in [6.45, 7) is 5.18. The molecule has 0 amide bonds. The van der Waals surface area contributed by atoms with Gasteiger partial charge in [-0.05, 0) is 26.8 Å². The third-order valence-corrected chi connectivity index (χ3v) is 2.09. The number of benzene rings is 1. The van der Waals surface area contributed by atoms with Gasteiger partial charge in [0, 0.05) is 12.1 Å². The zero-order valence-electron chi connectivity index (χ0n) is 9.69. The van der Waals surface area contributed by atoms with Crippen molar-refractivity contribution in [1.29, 1.82) is 0 Å². The minimum Gasteiger partial charge on any atom is -0.456 e. The summed E-state index contributed by atoms with van der Waals surface area (Å²) >= 11 is 5.79. The van der Waals surface area contributed by atoms with Crippen molar-refractivity contribution < 1.29 is 14.5 Å². The number of rotatable bonds is 2. The highest BCUT2D eigenvalue weighted by Crippen LogP contribution is 2.24. The van der Waals surface area contributed by atoms with Crippen molar-refractivity contribution in [3.05, 3.63) is 38.9 Å². The lowest BCUT2D eigenvalue weighted by Crippen LogP contribution is -2.24. The molecule has 0 saturated carbocycles. The van der Waals surface area contributed by atoms with Gasteiger partial charge in [0.25, 0.3) is 5.69 Å². The highest BCUT2D eigenvalue weighted by molar-refractivity contribution is 6.33. The molecule has 6 heteroatoms. The van der Waals surface area contributed by atoms with Gasteiger partial charge in [-0.3, -0.25) is 10.1 Å². The highest BCUT2D eigenvalue weighted by atomic mass is 35.5. The lowest BCUT2D eigenvalue weighted by Gasteiger charge is -2.19. The molecule has 0 heterocycles. The number of ether oxygens (including phenoxy) is 1. The van der Waals surface area contributed by atoms with E-state index < -0.39 is 16.5 Å². The topological polar surface area (TPSA) is 69.4 Å². The molecule has 0 aliphatic carbocycles. The number of carbonyl (C=O) groups excluding carboxylic acids is 1. The standard InChI is InChI=1S/C11H12ClNO4/c1-11(2,3)17-10(14)8-5-4-7(13(15)16)6-9(8)12/h4-6H,1-3H3. The van der Waals surface area contributed by atoms with Crippen LogP contribution >= 0.6 is 11.6 Å². The normalized spacial score (nSPS) is 11.1. The van der Waals surface area contributed by atoms with E-state index in [2.05, 4.69) is 0 Å². The quantitative estimate of drug-likeness (QED) is 0.463. The van der Waals surface area contributed by atoms with Crippen molar-refractivity contribution in [1.82, 2.24) is 0 Å². The molecule has 0 saturated heterocycles. The molecule has 5 nitrogen and oxygen atoms in total. The third kappa shape index (κ3) is 3.71. The fourth-order valence-electron chi connectivity index (χ4n) is 1.12. The van der Waals surface area contributed by atoms with Gasteiger partial charge in [-0.15, -0.1) is 0 Å². The van der Waals surface area contributed by atoms with Gasteiger partial charge < -0.3 is 4.74 Å². The van der Waals surface area contributed by atoms with Crippen molar-refractivity contribution >= 4 is 23.3 Å². The van der Waals surface area contributed by atoms with Gasteiger partial charge in [0.15, 0.2) is 0 Å². The Morgan fingerprint density at radius 3 is 2.41 bits per heavy atom. The zero-order chi connectivity index (χ0) is 13.2. The summed E-state index contributed by atoms with van der Waals surface area (Å²) in [6.07, 6.45) is 0. The first kappa shape index (κ1) is 13.4. The monoisotopic (exact) mass is 257 g/mol. The average Bonchev–Trinajstić information content (AvgIpc) is 2.14. The van der Waals surface area contributed by atoms with Crippen molar-refractivity contribution in [2.24, 2.45) is 0 Å². The van der Waals surface area contributed by atoms with Crippen molar-refractivity contribution in [2.45, 2.75) is 26.4 Å². The molecular formula is C11H12ClNO4. The molecule has 0 radical (unpaired) electrons. The number of halogens is 1. The molecule has 1 aromatic carbocycles. The molecule has 0 fully saturated rings. The Kier molecular flexibility index (Phi) is 3.72. The third-order valence-electron chi connectivity index (χ3n) is 1.78. The van der Waals surface area contributed by atoms with Crippen LogP contribution in [0.3, 0.4) is 0 Å². The summed E-state index contributed by atoms with van der Waals surface area (Å²) in [6, 6.07) is 3.63. The van der Waals surface area contributed by atoms with Gasteiger partial charge in [0.2, 0.25) is 0 Å². The molecular weight excluding hydrogens is 246 g/mol. The van der Waals surface area contributed by atoms with E-state index in [0.29, 0.717) is 0 Å². The van der Waals surface area contributed by atoms with E-state index >= 15 is 0 Å². The minimum atomic E-state index is -0.637. The molecule has 0 atom stereocenters. The minimum absolute atomic E-state index is 0.00782. The van der Waals surface area contributed by atoms with E-state index in [0.717, 1.165) is 6.07 Å². The predicted molar refractivity (Wildman–Crippen MR) is 63.3 cm³/mol. The van der Waals surface area contributed by atoms with E-state index in [1.165, 1.54) is 12.1 Å². The first-order chi connectivity index (χ1) is 7.70. The van der Waals surface area contributed by atoms with E-state index in [1.807, 2.05) is 0 Å². The molecule has 0 bridgehead atoms. The molecule has 0 aromatic heterocycles. The Bertz CT molecular complexity index is 465. The maximum atomic E-state index is 11.7. The molecule has 0 aliphatic heterocycles. The number of hydrogen-bond donors (Lipinski definition) is 0. The van der Waals surface area contributed by atoms with Crippen LogP contribution in [0.25, 0.3) is 0 Å². The molecule has 92 valence electrons. The van der Waals surface area contributed by atoms with Gasteiger partial charge in [0.1, 0.15) is 5.60 Å². The second-order valence-electron chi connectivity index (χ2n) is 4.42. The summed E-state index contributed by atoms with van der Waals surface area (Å²) in [5.74, 6) is -0.600. The Hall–Kier alpha value is -1.62. The molecule has 0 aliphatic rings. The Balaban J connectivity index is 3.00. The summed E-state index contributed by atoms with van der Waals surface area (Å²) in [5, 5.41) is 10.5. The van der Waals surface area contributed by atoms with Gasteiger partial charge in [-0.2, -0.15) is 0 Å². The lowest BCUT2D eigenvalue weighted by atomic mass is 10.1. The number of non-ortho nitro benzene ring substituents is 1. The second kappa shape index (κ2) is 4.71. The first-order valence-corrected chi connectivity index (χ1v) is 5.26. The number of carbonyl (C=O) groups is 1. The maximum Gasteiger partial charge on any atom is 0.340 e. The van der Waals surface area contributed by atoms with Crippen LogP contribution in [0.1, 0.15) is 31.1 Å². The van der Waals surface area contributed by atoms with Crippen molar-refractivity contribution in [3.63, 3.8) is 0 Å². The Morgan fingerprint density at radius 1 is 1.41 bits per heavy atom. The number of esters is 1. The van der Waals surface area contributed by atoms with Gasteiger partial charge in [-0.1, -0.05) is 11.6 Å². The van der Waals surface area contributed by atoms with Crippen LogP contribution in [-0.2, 0) is 4.74 Å². The molecule has 1 rings (SSSR count). The predicted octanol–water partition coefficient (Wildman–Crippen LogP) is 3.20. The smallest absolute Gasteiger partial charge is 0.340 e. The van der Waals surface area contributed by atoms with E-state index in [1.54, 1.807) is 20.8 Å². The van der Waals surface area contributed by atoms with Crippen LogP contribution in [-0.4, -0.2) is 16.5 Å². The summed E-state index contributed by atoms with van der Waals surface area (Å²) in [4.78, 5) is 21.6. The highest BCUT2D eigenvalue weighted by Gasteiger charge is 2.21. The molecule has 0 unspecified atom stereocenters. The van der Waals surface area contributed by atoms with Crippen LogP contribution < -0.4 is 0 Å². The summed E-state index contributed by atoms with van der Waals surface area (Å²) in [7, 11) is 0. The number of hydrogen-bond acceptors (Lipinski definition) is 4. The number of nitrogens with zero attached hydrogens (tertiary/aromatic N) is 1. The van der Waals surface area contributed by atoms with E-state index in [4.69, 9.17) is 16.3 Å². The van der Waals surface area contributed by atoms with Crippen LogP contribution in [0.4, 0.5) is 5.69 Å². The van der Waals surface area contributed by atoms with Crippen LogP contribution in [0.5, 0.6) is 0 Å². The maximum absolute atomic E-state index is 11.7. The fourth-order valence-corrected chi connectivity index (χ4v) is 1.37. The second-order valence-corrected chi connectivity index (χ2v) is 4.83. The van der Waals surface area contributed by atoms with Gasteiger partial charge in [-0.25, -0.2) is 4.79 Å². The molecule has 0 N–H and O–H groups in total. The van der Waals surface area contributed by atoms with Crippen molar-refractivity contribution in [3.8, 4) is 0 Å². The average molecular weight is 258 g/mol. The molecule has 17 heavy (non-hydrogen) atoms. The molecule has 1 aromatic rings.